The molecule has 48 heavy (non-hydrogen) atoms. The highest BCUT2D eigenvalue weighted by Crippen LogP contribution is 2.25. The van der Waals surface area contributed by atoms with Gasteiger partial charge in [-0.1, -0.05) is 224 Å². The fourth-order valence-corrected chi connectivity index (χ4v) is 5.36. The third-order valence-electron chi connectivity index (χ3n) is 7.59. The monoisotopic (exact) mass is 626 g/mol. The summed E-state index contributed by atoms with van der Waals surface area (Å²) >= 11 is 0. The van der Waals surface area contributed by atoms with Crippen LogP contribution in [0.1, 0.15) is 29.7 Å². The zero-order valence-electron chi connectivity index (χ0n) is 24.6. The third-order valence-corrected chi connectivity index (χ3v) is 7.59. The highest BCUT2D eigenvalue weighted by Gasteiger charge is 1.97. The van der Waals surface area contributed by atoms with Crippen LogP contribution in [0.3, 0.4) is 0 Å². The lowest BCUT2D eigenvalue weighted by atomic mass is 10.0. The molecule has 0 heterocycles. The lowest BCUT2D eigenvalue weighted by Crippen LogP contribution is -1.75. The molecule has 0 aliphatic carbocycles. The van der Waals surface area contributed by atoms with Crippen LogP contribution >= 0.6 is 0 Å². The van der Waals surface area contributed by atoms with E-state index >= 15 is 0 Å². The highest BCUT2D eigenvalue weighted by atomic mass is 14.0. The van der Waals surface area contributed by atoms with Crippen LogP contribution in [0, 0.1) is 0 Å². The fraction of sp³-hybridized carbons (Fsp3) is 0.0833. The van der Waals surface area contributed by atoms with Crippen LogP contribution in [0.5, 0.6) is 0 Å². The van der Waals surface area contributed by atoms with E-state index < -0.39 is 0 Å². The normalized spacial score (nSPS) is 9.42. The molecule has 9 rings (SSSR count). The molecule has 0 fully saturated rings. The van der Waals surface area contributed by atoms with Crippen molar-refractivity contribution in [1.29, 1.82) is 0 Å². The molecular formula is C48H50. The van der Waals surface area contributed by atoms with Gasteiger partial charge in [-0.05, 0) is 66.0 Å². The molecule has 0 heteroatoms. The molecule has 0 unspecified atom stereocenters. The number of benzene rings is 9. The summed E-state index contributed by atoms with van der Waals surface area (Å²) in [5.74, 6) is 0. The molecule has 0 spiro atoms. The Balaban J connectivity index is 0.000000224. The lowest BCUT2D eigenvalue weighted by Gasteiger charge is -2.02. The Morgan fingerprint density at radius 1 is 0.167 bits per heavy atom. The van der Waals surface area contributed by atoms with E-state index in [9.17, 15) is 0 Å². The first-order chi connectivity index (χ1) is 21.8. The Bertz CT molecular complexity index is 1960. The minimum Gasteiger partial charge on any atom is -0.0776 e. The van der Waals surface area contributed by atoms with Crippen LogP contribution < -0.4 is 0 Å². The first-order valence-electron chi connectivity index (χ1n) is 15.0. The molecule has 0 N–H and O–H groups in total. The molecule has 0 amide bonds. The van der Waals surface area contributed by atoms with Gasteiger partial charge >= 0.3 is 0 Å². The van der Waals surface area contributed by atoms with Crippen molar-refractivity contribution < 1.29 is 0 Å². The highest BCUT2D eigenvalue weighted by molar-refractivity contribution is 6.07. The van der Waals surface area contributed by atoms with Crippen molar-refractivity contribution in [1.82, 2.24) is 0 Å². The SMILES string of the molecule is C.C.C.C.c1ccc2c(c1)ccc1ccccc12.c1ccc2cc3ccccc3cc2c1.c1ccc2ccccc2c1.c1ccccc1. The van der Waals surface area contributed by atoms with Gasteiger partial charge in [0.2, 0.25) is 0 Å². The zero-order valence-corrected chi connectivity index (χ0v) is 24.6. The smallest absolute Gasteiger partial charge is 0.0105 e. The molecular weight excluding hydrogens is 577 g/mol. The number of rotatable bonds is 0. The van der Waals surface area contributed by atoms with E-state index in [1.165, 1.54) is 53.9 Å². The maximum atomic E-state index is 2.24. The summed E-state index contributed by atoms with van der Waals surface area (Å²) < 4.78 is 0. The van der Waals surface area contributed by atoms with Crippen LogP contribution in [-0.2, 0) is 0 Å². The van der Waals surface area contributed by atoms with Gasteiger partial charge in [-0.3, -0.25) is 0 Å². The summed E-state index contributed by atoms with van der Waals surface area (Å²) in [7, 11) is 0. The van der Waals surface area contributed by atoms with E-state index in [4.69, 9.17) is 0 Å². The van der Waals surface area contributed by atoms with Crippen molar-refractivity contribution in [2.75, 3.05) is 0 Å². The number of hydrogen-bond donors (Lipinski definition) is 0. The van der Waals surface area contributed by atoms with Gasteiger partial charge in [0.25, 0.3) is 0 Å². The average Bonchev–Trinajstić information content (AvgIpc) is 3.12. The molecule has 0 saturated carbocycles. The summed E-state index contributed by atoms with van der Waals surface area (Å²) in [4.78, 5) is 0. The van der Waals surface area contributed by atoms with Crippen LogP contribution in [0.15, 0.2) is 206 Å². The van der Waals surface area contributed by atoms with Crippen molar-refractivity contribution in [3.05, 3.63) is 206 Å². The Morgan fingerprint density at radius 2 is 0.375 bits per heavy atom. The zero-order chi connectivity index (χ0) is 29.8. The standard InChI is InChI=1S/2C14H10.C10H8.C6H6.4CH4/c1-3-7-13-11(5-1)9-10-12-6-2-4-8-14(12)13;1-2-6-12-10-14-8-4-3-7-13(14)9-11(12)5-1;1-2-6-10-8-4-3-7-9(10)5-1;1-2-4-6-5-3-1;;;;/h2*1-10H;1-8H;1-6H;4*1H4. The average molecular weight is 627 g/mol. The van der Waals surface area contributed by atoms with Gasteiger partial charge in [0.15, 0.2) is 0 Å². The summed E-state index contributed by atoms with van der Waals surface area (Å²) in [5.41, 5.74) is 0. The van der Waals surface area contributed by atoms with Crippen LogP contribution in [-0.4, -0.2) is 0 Å². The predicted molar refractivity (Wildman–Crippen MR) is 220 cm³/mol. The summed E-state index contributed by atoms with van der Waals surface area (Å²) in [5, 5.41) is 13.2. The molecule has 9 aromatic rings. The van der Waals surface area contributed by atoms with Crippen LogP contribution in [0.25, 0.3) is 53.9 Å². The predicted octanol–water partition coefficient (Wildman–Crippen LogP) is 15.1. The van der Waals surface area contributed by atoms with Crippen LogP contribution in [0.2, 0.25) is 0 Å². The Hall–Kier alpha value is -5.72. The molecule has 0 aliphatic heterocycles. The topological polar surface area (TPSA) is 0 Å². The van der Waals surface area contributed by atoms with Crippen molar-refractivity contribution in [2.24, 2.45) is 0 Å². The van der Waals surface area contributed by atoms with Gasteiger partial charge in [0.1, 0.15) is 0 Å². The second-order valence-electron chi connectivity index (χ2n) is 10.6. The van der Waals surface area contributed by atoms with Gasteiger partial charge in [-0.25, -0.2) is 0 Å². The Labute approximate surface area is 289 Å². The van der Waals surface area contributed by atoms with Crippen LogP contribution in [0.4, 0.5) is 0 Å². The Kier molecular flexibility index (Phi) is 15.8. The summed E-state index contributed by atoms with van der Waals surface area (Å²) in [6.07, 6.45) is 0. The fourth-order valence-electron chi connectivity index (χ4n) is 5.36. The van der Waals surface area contributed by atoms with Gasteiger partial charge in [-0.2, -0.15) is 0 Å². The second-order valence-corrected chi connectivity index (χ2v) is 10.6. The number of hydrogen-bond acceptors (Lipinski definition) is 0. The Morgan fingerprint density at radius 3 is 0.646 bits per heavy atom. The molecule has 0 radical (unpaired) electrons. The largest absolute Gasteiger partial charge is 0.0776 e. The van der Waals surface area contributed by atoms with Gasteiger partial charge in [0, 0.05) is 0 Å². The first kappa shape index (κ1) is 38.5. The van der Waals surface area contributed by atoms with Gasteiger partial charge in [0.05, 0.1) is 0 Å². The van der Waals surface area contributed by atoms with Crippen molar-refractivity contribution in [3.8, 4) is 0 Å². The molecule has 0 saturated heterocycles. The number of fused-ring (bicyclic) bond motifs is 6. The quantitative estimate of drug-likeness (QED) is 0.116. The summed E-state index contributed by atoms with van der Waals surface area (Å²) in [6.45, 7) is 0. The maximum Gasteiger partial charge on any atom is -0.0105 e. The van der Waals surface area contributed by atoms with E-state index in [1.54, 1.807) is 0 Å². The second kappa shape index (κ2) is 19.7. The molecule has 0 atom stereocenters. The maximum absolute atomic E-state index is 2.24. The van der Waals surface area contributed by atoms with E-state index in [1.807, 2.05) is 36.4 Å². The molecule has 242 valence electrons. The molecule has 0 bridgehead atoms. The van der Waals surface area contributed by atoms with Crippen molar-refractivity contribution >= 4 is 53.9 Å². The van der Waals surface area contributed by atoms with E-state index in [-0.39, 0.29) is 29.7 Å². The van der Waals surface area contributed by atoms with E-state index in [2.05, 4.69) is 170 Å². The van der Waals surface area contributed by atoms with Gasteiger partial charge < -0.3 is 0 Å². The lowest BCUT2D eigenvalue weighted by molar-refractivity contribution is 1.72. The molecule has 9 aromatic carbocycles. The van der Waals surface area contributed by atoms with Gasteiger partial charge in [-0.15, -0.1) is 0 Å². The first-order valence-corrected chi connectivity index (χ1v) is 15.0. The van der Waals surface area contributed by atoms with Crippen molar-refractivity contribution in [2.45, 2.75) is 29.7 Å². The van der Waals surface area contributed by atoms with E-state index in [0.717, 1.165) is 0 Å². The molecule has 0 aliphatic rings. The summed E-state index contributed by atoms with van der Waals surface area (Å²) in [6, 6.07) is 71.5. The minimum atomic E-state index is 0. The van der Waals surface area contributed by atoms with E-state index in [0.29, 0.717) is 0 Å². The molecule has 0 aromatic heterocycles. The van der Waals surface area contributed by atoms with Crippen molar-refractivity contribution in [3.63, 3.8) is 0 Å². The third kappa shape index (κ3) is 9.89. The minimum absolute atomic E-state index is 0. The molecule has 0 nitrogen and oxygen atoms in total.